The smallest absolute Gasteiger partial charge is 0.225 e. The van der Waals surface area contributed by atoms with Gasteiger partial charge in [-0.1, -0.05) is 12.8 Å². The molecule has 2 atom stereocenters. The maximum absolute atomic E-state index is 11.8. The van der Waals surface area contributed by atoms with Crippen LogP contribution in [0, 0.1) is 6.92 Å². The topological polar surface area (TPSA) is 49.3 Å². The maximum Gasteiger partial charge on any atom is 0.225 e. The molecule has 1 aliphatic carbocycles. The third-order valence-electron chi connectivity index (χ3n) is 3.21. The zero-order valence-corrected chi connectivity index (χ0v) is 10.9. The standard InChI is InChI=1S/C13H19NO2S/c1-9-6-7-10(17-9)8-13(16)14-11-4-2-3-5-12(11)15/h6-7,11-12,15H,2-5,8H2,1H3,(H,14,16). The molecule has 2 unspecified atom stereocenters. The summed E-state index contributed by atoms with van der Waals surface area (Å²) in [6, 6.07) is 3.98. The summed E-state index contributed by atoms with van der Waals surface area (Å²) in [5, 5.41) is 12.7. The lowest BCUT2D eigenvalue weighted by Crippen LogP contribution is -2.45. The highest BCUT2D eigenvalue weighted by Gasteiger charge is 2.24. The molecule has 1 aromatic rings. The van der Waals surface area contributed by atoms with Crippen molar-refractivity contribution >= 4 is 17.2 Å². The molecule has 0 bridgehead atoms. The first-order chi connectivity index (χ1) is 8.15. The van der Waals surface area contributed by atoms with Crippen LogP contribution in [0.15, 0.2) is 12.1 Å². The lowest BCUT2D eigenvalue weighted by molar-refractivity contribution is -0.122. The molecule has 1 aliphatic rings. The minimum absolute atomic E-state index is 0.0257. The van der Waals surface area contributed by atoms with Crippen molar-refractivity contribution in [2.45, 2.75) is 51.2 Å². The molecular weight excluding hydrogens is 234 g/mol. The highest BCUT2D eigenvalue weighted by atomic mass is 32.1. The second kappa shape index (κ2) is 5.65. The van der Waals surface area contributed by atoms with E-state index >= 15 is 0 Å². The number of carbonyl (C=O) groups is 1. The van der Waals surface area contributed by atoms with E-state index in [0.29, 0.717) is 6.42 Å². The van der Waals surface area contributed by atoms with E-state index in [1.54, 1.807) is 11.3 Å². The van der Waals surface area contributed by atoms with Crippen LogP contribution in [-0.2, 0) is 11.2 Å². The van der Waals surface area contributed by atoms with Gasteiger partial charge in [0.05, 0.1) is 18.6 Å². The SMILES string of the molecule is Cc1ccc(CC(=O)NC2CCCCC2O)s1. The van der Waals surface area contributed by atoms with Crippen molar-refractivity contribution in [1.82, 2.24) is 5.32 Å². The summed E-state index contributed by atoms with van der Waals surface area (Å²) in [5.74, 6) is 0.0257. The number of hydrogen-bond donors (Lipinski definition) is 2. The minimum atomic E-state index is -0.363. The van der Waals surface area contributed by atoms with Crippen LogP contribution in [0.1, 0.15) is 35.4 Å². The third kappa shape index (κ3) is 3.54. The van der Waals surface area contributed by atoms with Crippen LogP contribution >= 0.6 is 11.3 Å². The molecule has 0 aliphatic heterocycles. The molecule has 2 rings (SSSR count). The highest BCUT2D eigenvalue weighted by molar-refractivity contribution is 7.12. The molecule has 1 saturated carbocycles. The first-order valence-corrected chi connectivity index (χ1v) is 6.99. The van der Waals surface area contributed by atoms with Crippen LogP contribution < -0.4 is 5.32 Å². The number of thiophene rings is 1. The van der Waals surface area contributed by atoms with Gasteiger partial charge >= 0.3 is 0 Å². The minimum Gasteiger partial charge on any atom is -0.391 e. The Kier molecular flexibility index (Phi) is 4.18. The van der Waals surface area contributed by atoms with Gasteiger partial charge in [0.15, 0.2) is 0 Å². The van der Waals surface area contributed by atoms with Crippen LogP contribution in [0.4, 0.5) is 0 Å². The molecule has 1 aromatic heterocycles. The Morgan fingerprint density at radius 2 is 2.24 bits per heavy atom. The van der Waals surface area contributed by atoms with Gasteiger partial charge in [-0.2, -0.15) is 0 Å². The predicted molar refractivity (Wildman–Crippen MR) is 69.2 cm³/mol. The predicted octanol–water partition coefficient (Wildman–Crippen LogP) is 2.02. The molecule has 1 heterocycles. The average molecular weight is 253 g/mol. The van der Waals surface area contributed by atoms with E-state index in [-0.39, 0.29) is 18.1 Å². The van der Waals surface area contributed by atoms with E-state index in [9.17, 15) is 9.90 Å². The first kappa shape index (κ1) is 12.6. The third-order valence-corrected chi connectivity index (χ3v) is 4.21. The Morgan fingerprint density at radius 1 is 1.47 bits per heavy atom. The van der Waals surface area contributed by atoms with E-state index in [1.165, 1.54) is 4.88 Å². The Hall–Kier alpha value is -0.870. The molecule has 1 fully saturated rings. The number of aliphatic hydroxyl groups is 1. The molecule has 0 aromatic carbocycles. The number of hydrogen-bond acceptors (Lipinski definition) is 3. The summed E-state index contributed by atoms with van der Waals surface area (Å²) in [7, 11) is 0. The summed E-state index contributed by atoms with van der Waals surface area (Å²) in [6.07, 6.45) is 3.94. The average Bonchev–Trinajstić information content (AvgIpc) is 2.67. The number of rotatable bonds is 3. The molecule has 2 N–H and O–H groups in total. The zero-order chi connectivity index (χ0) is 12.3. The second-order valence-electron chi connectivity index (χ2n) is 4.71. The number of nitrogens with one attached hydrogen (secondary N) is 1. The quantitative estimate of drug-likeness (QED) is 0.866. The molecule has 0 saturated heterocycles. The fourth-order valence-electron chi connectivity index (χ4n) is 2.28. The van der Waals surface area contributed by atoms with E-state index in [1.807, 2.05) is 19.1 Å². The normalized spacial score (nSPS) is 24.6. The van der Waals surface area contributed by atoms with E-state index in [2.05, 4.69) is 5.32 Å². The van der Waals surface area contributed by atoms with Crippen LogP contribution in [0.2, 0.25) is 0 Å². The summed E-state index contributed by atoms with van der Waals surface area (Å²) in [5.41, 5.74) is 0. The van der Waals surface area contributed by atoms with Gasteiger partial charge in [-0.15, -0.1) is 11.3 Å². The van der Waals surface area contributed by atoms with Crippen molar-refractivity contribution in [2.75, 3.05) is 0 Å². The largest absolute Gasteiger partial charge is 0.391 e. The molecule has 4 heteroatoms. The van der Waals surface area contributed by atoms with Crippen LogP contribution in [0.5, 0.6) is 0 Å². The summed E-state index contributed by atoms with van der Waals surface area (Å²) in [6.45, 7) is 2.04. The molecular formula is C13H19NO2S. The van der Waals surface area contributed by atoms with E-state index < -0.39 is 0 Å². The zero-order valence-electron chi connectivity index (χ0n) is 10.1. The van der Waals surface area contributed by atoms with Gasteiger partial charge < -0.3 is 10.4 Å². The molecule has 0 spiro atoms. The molecule has 1 amide bonds. The van der Waals surface area contributed by atoms with E-state index in [0.717, 1.165) is 30.6 Å². The Bertz CT molecular complexity index is 389. The fraction of sp³-hybridized carbons (Fsp3) is 0.615. The lowest BCUT2D eigenvalue weighted by Gasteiger charge is -2.28. The first-order valence-electron chi connectivity index (χ1n) is 6.18. The van der Waals surface area contributed by atoms with Gasteiger partial charge in [0.2, 0.25) is 5.91 Å². The maximum atomic E-state index is 11.8. The van der Waals surface area contributed by atoms with Gasteiger partial charge in [-0.25, -0.2) is 0 Å². The van der Waals surface area contributed by atoms with Gasteiger partial charge in [0.25, 0.3) is 0 Å². The molecule has 17 heavy (non-hydrogen) atoms. The Morgan fingerprint density at radius 3 is 2.88 bits per heavy atom. The van der Waals surface area contributed by atoms with Gasteiger partial charge in [0.1, 0.15) is 0 Å². The van der Waals surface area contributed by atoms with Crippen molar-refractivity contribution in [3.8, 4) is 0 Å². The molecule has 3 nitrogen and oxygen atoms in total. The number of amides is 1. The van der Waals surface area contributed by atoms with Crippen molar-refractivity contribution in [3.63, 3.8) is 0 Å². The summed E-state index contributed by atoms with van der Waals surface area (Å²) < 4.78 is 0. The van der Waals surface area contributed by atoms with Crippen molar-refractivity contribution in [1.29, 1.82) is 0 Å². The number of aryl methyl sites for hydroxylation is 1. The fourth-order valence-corrected chi connectivity index (χ4v) is 3.16. The number of aliphatic hydroxyl groups excluding tert-OH is 1. The summed E-state index contributed by atoms with van der Waals surface area (Å²) in [4.78, 5) is 14.1. The van der Waals surface area contributed by atoms with Crippen LogP contribution in [0.25, 0.3) is 0 Å². The molecule has 0 radical (unpaired) electrons. The Balaban J connectivity index is 1.84. The number of carbonyl (C=O) groups excluding carboxylic acids is 1. The van der Waals surface area contributed by atoms with Gasteiger partial charge in [-0.05, 0) is 31.9 Å². The van der Waals surface area contributed by atoms with Crippen LogP contribution in [-0.4, -0.2) is 23.2 Å². The van der Waals surface area contributed by atoms with Crippen molar-refractivity contribution in [2.24, 2.45) is 0 Å². The highest BCUT2D eigenvalue weighted by Crippen LogP contribution is 2.19. The summed E-state index contributed by atoms with van der Waals surface area (Å²) >= 11 is 1.66. The monoisotopic (exact) mass is 253 g/mol. The molecule has 94 valence electrons. The second-order valence-corrected chi connectivity index (χ2v) is 6.09. The Labute approximate surface area is 106 Å². The van der Waals surface area contributed by atoms with E-state index in [4.69, 9.17) is 0 Å². The van der Waals surface area contributed by atoms with Gasteiger partial charge in [0, 0.05) is 9.75 Å². The van der Waals surface area contributed by atoms with Crippen molar-refractivity contribution in [3.05, 3.63) is 21.9 Å². The van der Waals surface area contributed by atoms with Crippen LogP contribution in [0.3, 0.4) is 0 Å². The van der Waals surface area contributed by atoms with Gasteiger partial charge in [-0.3, -0.25) is 4.79 Å². The lowest BCUT2D eigenvalue weighted by atomic mass is 9.92. The van der Waals surface area contributed by atoms with Crippen molar-refractivity contribution < 1.29 is 9.90 Å².